The first kappa shape index (κ1) is 36.4. The molecule has 2 fully saturated rings. The van der Waals surface area contributed by atoms with Gasteiger partial charge in [0.15, 0.2) is 6.35 Å². The van der Waals surface area contributed by atoms with Crippen LogP contribution in [-0.2, 0) is 35.2 Å². The number of carbonyl (C=O) groups is 4. The molecule has 13 nitrogen and oxygen atoms in total. The van der Waals surface area contributed by atoms with Crippen LogP contribution < -0.4 is 27.0 Å². The van der Waals surface area contributed by atoms with Crippen LogP contribution in [-0.4, -0.2) is 106 Å². The Bertz CT molecular complexity index is 970. The Labute approximate surface area is 257 Å². The van der Waals surface area contributed by atoms with Gasteiger partial charge in [0.25, 0.3) is 11.7 Å². The van der Waals surface area contributed by atoms with Crippen LogP contribution in [0, 0.1) is 10.8 Å². The molecule has 0 bridgehead atoms. The number of carbonyl (C=O) groups excluding carboxylic acids is 4. The first-order chi connectivity index (χ1) is 19.4. The van der Waals surface area contributed by atoms with Gasteiger partial charge in [0.2, 0.25) is 11.8 Å². The number of thioether (sulfide) groups is 1. The lowest BCUT2D eigenvalue weighted by atomic mass is 9.85. The maximum absolute atomic E-state index is 13.9. The van der Waals surface area contributed by atoms with Crippen molar-refractivity contribution in [2.45, 2.75) is 102 Å². The number of aliphatic hydroxyl groups excluding tert-OH is 1. The lowest BCUT2D eigenvalue weighted by Gasteiger charge is -2.39. The third-order valence-electron chi connectivity index (χ3n) is 7.37. The Morgan fingerprint density at radius 1 is 1.07 bits per heavy atom. The molecule has 1 aliphatic heterocycles. The second-order valence-corrected chi connectivity index (χ2v) is 15.4. The summed E-state index contributed by atoms with van der Waals surface area (Å²) in [7, 11) is 1.72. The quantitative estimate of drug-likeness (QED) is 0.0402. The average molecular weight is 633 g/mol. The van der Waals surface area contributed by atoms with Gasteiger partial charge in [-0.1, -0.05) is 41.5 Å². The van der Waals surface area contributed by atoms with E-state index >= 15 is 0 Å². The summed E-state index contributed by atoms with van der Waals surface area (Å²) < 4.78 is 12.4. The molecule has 240 valence electrons. The highest BCUT2D eigenvalue weighted by Gasteiger charge is 2.43. The number of hydrogen-bond donors (Lipinski definition) is 6. The Hall–Kier alpha value is -1.75. The Morgan fingerprint density at radius 2 is 1.71 bits per heavy atom. The van der Waals surface area contributed by atoms with Crippen molar-refractivity contribution in [3.63, 3.8) is 0 Å². The normalized spacial score (nSPS) is 20.6. The van der Waals surface area contributed by atoms with Crippen LogP contribution >= 0.6 is 11.8 Å². The molecule has 1 aliphatic carbocycles. The van der Waals surface area contributed by atoms with Gasteiger partial charge in [-0.05, 0) is 40.8 Å². The molecule has 7 N–H and O–H groups in total. The minimum Gasteiger partial charge on any atom is -0.365 e. The maximum Gasteiger partial charge on any atom is 0.590 e. The molecule has 0 aromatic heterocycles. The van der Waals surface area contributed by atoms with E-state index in [4.69, 9.17) is 5.73 Å². The molecule has 0 spiro atoms. The van der Waals surface area contributed by atoms with Crippen molar-refractivity contribution in [2.75, 3.05) is 33.2 Å². The van der Waals surface area contributed by atoms with E-state index in [1.165, 1.54) is 16.7 Å². The van der Waals surface area contributed by atoms with E-state index in [0.717, 1.165) is 12.8 Å². The minimum atomic E-state index is -1.23. The van der Waals surface area contributed by atoms with E-state index in [2.05, 4.69) is 21.3 Å². The molecular formula is C27H50N7O6S2+. The smallest absolute Gasteiger partial charge is 0.365 e. The van der Waals surface area contributed by atoms with Crippen molar-refractivity contribution in [3.05, 3.63) is 0 Å². The minimum absolute atomic E-state index is 0.185. The van der Waals surface area contributed by atoms with E-state index in [0.29, 0.717) is 50.9 Å². The molecule has 15 heteroatoms. The fraction of sp³-hybridized carbons (Fsp3) is 0.852. The van der Waals surface area contributed by atoms with Gasteiger partial charge in [-0.15, -0.1) is 11.8 Å². The molecule has 3 amide bonds. The average Bonchev–Trinajstić information content (AvgIpc) is 3.57. The summed E-state index contributed by atoms with van der Waals surface area (Å²) in [6.45, 7) is 13.8. The van der Waals surface area contributed by atoms with Crippen molar-refractivity contribution < 1.29 is 28.5 Å². The number of likely N-dealkylation sites (tertiary alicyclic amines) is 1. The number of nitrogens with two attached hydrogens (primary N) is 1. The fourth-order valence-corrected chi connectivity index (χ4v) is 5.99. The fourth-order valence-electron chi connectivity index (χ4n) is 4.60. The van der Waals surface area contributed by atoms with Gasteiger partial charge >= 0.3 is 11.9 Å². The predicted octanol–water partition coefficient (Wildman–Crippen LogP) is -0.481. The van der Waals surface area contributed by atoms with Crippen LogP contribution in [0.4, 0.5) is 0 Å². The van der Waals surface area contributed by atoms with E-state index in [1.54, 1.807) is 11.4 Å². The van der Waals surface area contributed by atoms with Crippen LogP contribution in [0.15, 0.2) is 0 Å². The number of nitrogens with one attached hydrogen (secondary N) is 4. The van der Waals surface area contributed by atoms with Gasteiger partial charge < -0.3 is 26.4 Å². The van der Waals surface area contributed by atoms with Crippen LogP contribution in [0.5, 0.6) is 0 Å². The molecule has 2 unspecified atom stereocenters. The van der Waals surface area contributed by atoms with Crippen LogP contribution in [0.3, 0.4) is 0 Å². The largest absolute Gasteiger partial charge is 0.590 e. The lowest BCUT2D eigenvalue weighted by Crippen LogP contribution is -2.63. The van der Waals surface area contributed by atoms with Gasteiger partial charge in [-0.3, -0.25) is 29.8 Å². The molecule has 1 saturated carbocycles. The first-order valence-corrected chi connectivity index (χ1v) is 16.1. The van der Waals surface area contributed by atoms with Crippen molar-refractivity contribution in [1.29, 1.82) is 0 Å². The molecule has 0 aromatic rings. The van der Waals surface area contributed by atoms with E-state index < -0.39 is 46.8 Å². The highest BCUT2D eigenvalue weighted by atomic mass is 32.2. The first-order valence-electron chi connectivity index (χ1n) is 14.5. The molecule has 2 rings (SSSR count). The van der Waals surface area contributed by atoms with Crippen molar-refractivity contribution in [3.8, 4) is 0 Å². The van der Waals surface area contributed by atoms with Gasteiger partial charge in [0, 0.05) is 38.0 Å². The van der Waals surface area contributed by atoms with E-state index in [9.17, 15) is 28.5 Å². The molecule has 42 heavy (non-hydrogen) atoms. The Balaban J connectivity index is 2.10. The van der Waals surface area contributed by atoms with Gasteiger partial charge in [0.05, 0.1) is 16.8 Å². The molecule has 0 radical (unpaired) electrons. The number of Topliss-reactive ketones (excluding diaryl/α,β-unsaturated/α-hetero) is 1. The number of rotatable bonds is 17. The zero-order valence-corrected chi connectivity index (χ0v) is 27.5. The molecule has 5 atom stereocenters. The number of ketones is 1. The summed E-state index contributed by atoms with van der Waals surface area (Å²) >= 11 is 1.63. The molecular weight excluding hydrogens is 582 g/mol. The number of nitrogens with zero attached hydrogens (tertiary/aromatic N) is 2. The summed E-state index contributed by atoms with van der Waals surface area (Å²) in [6, 6.07) is -1.84. The van der Waals surface area contributed by atoms with Crippen LogP contribution in [0.2, 0.25) is 0 Å². The summed E-state index contributed by atoms with van der Waals surface area (Å²) in [5, 5.41) is 22.4. The zero-order chi connectivity index (χ0) is 31.8. The third kappa shape index (κ3) is 11.4. The highest BCUT2D eigenvalue weighted by Crippen LogP contribution is 2.36. The molecule has 2 aliphatic rings. The number of aliphatic hydroxyl groups is 1. The lowest BCUT2D eigenvalue weighted by molar-refractivity contribution is -0.144. The van der Waals surface area contributed by atoms with E-state index in [1.807, 2.05) is 41.5 Å². The number of amides is 3. The highest BCUT2D eigenvalue weighted by molar-refractivity contribution is 8.01. The third-order valence-corrected chi connectivity index (χ3v) is 9.26. The van der Waals surface area contributed by atoms with Crippen molar-refractivity contribution in [1.82, 2.24) is 30.5 Å². The summed E-state index contributed by atoms with van der Waals surface area (Å²) in [6.07, 6.45) is 1.58. The second-order valence-electron chi connectivity index (χ2n) is 13.2. The monoisotopic (exact) mass is 632 g/mol. The number of hydrogen-bond acceptors (Lipinski definition) is 10. The topological polar surface area (TPSA) is 186 Å². The molecule has 0 aromatic carbocycles. The van der Waals surface area contributed by atoms with Crippen molar-refractivity contribution >= 4 is 47.1 Å². The van der Waals surface area contributed by atoms with Gasteiger partial charge in [0.1, 0.15) is 11.4 Å². The summed E-state index contributed by atoms with van der Waals surface area (Å²) in [5.41, 5.74) is 4.35. The maximum atomic E-state index is 13.9. The molecule has 1 heterocycles. The number of primary amides is 1. The SMILES string of the molecule is CN(CCNC[C@@H](NC(O)N[C@H](C(=O)N1CCC[C@H]1C(=O)NC(SC1CC1)C(=O)C(N)=O)C(C)(C)C)C(C)(C)C)[S+]=O. The second kappa shape index (κ2) is 15.8. The summed E-state index contributed by atoms with van der Waals surface area (Å²) in [4.78, 5) is 52.6. The predicted molar refractivity (Wildman–Crippen MR) is 164 cm³/mol. The Kier molecular flexibility index (Phi) is 13.7. The van der Waals surface area contributed by atoms with Crippen LogP contribution in [0.1, 0.15) is 67.2 Å². The van der Waals surface area contributed by atoms with E-state index in [-0.39, 0.29) is 22.6 Å². The summed E-state index contributed by atoms with van der Waals surface area (Å²) in [5.74, 6) is -2.81. The number of likely N-dealkylation sites (N-methyl/N-ethyl adjacent to an activating group) is 1. The zero-order valence-electron chi connectivity index (χ0n) is 25.9. The van der Waals surface area contributed by atoms with Gasteiger partial charge in [-0.2, -0.15) is 0 Å². The van der Waals surface area contributed by atoms with Crippen LogP contribution in [0.25, 0.3) is 0 Å². The van der Waals surface area contributed by atoms with Gasteiger partial charge in [-0.25, -0.2) is 0 Å². The molecule has 1 saturated heterocycles. The Morgan fingerprint density at radius 3 is 2.24 bits per heavy atom. The van der Waals surface area contributed by atoms with Crippen molar-refractivity contribution in [2.24, 2.45) is 16.6 Å². The standard InChI is InChI=1S/C27H49N7O6S2/c1-26(2,3)18(15-29-12-14-33(7)42-40)30-25(39)31-20(27(4,5)6)24(38)34-13-8-9-17(34)22(37)32-23(19(35)21(28)36)41-16-10-11-16/h16-18,20,23,25,29-31,39H,8-15H2,1-7H3,(H2-,28,32,36,37)/p+1/t17-,18+,20+,23?,25?/m0/s1.